The van der Waals surface area contributed by atoms with E-state index >= 15 is 0 Å². The molecule has 6 heteroatoms. The van der Waals surface area contributed by atoms with Crippen LogP contribution in [0.3, 0.4) is 0 Å². The van der Waals surface area contributed by atoms with E-state index in [1.807, 2.05) is 6.07 Å². The summed E-state index contributed by atoms with van der Waals surface area (Å²) >= 11 is 5.80. The highest BCUT2D eigenvalue weighted by molar-refractivity contribution is 7.80. The van der Waals surface area contributed by atoms with E-state index < -0.39 is 0 Å². The van der Waals surface area contributed by atoms with Crippen LogP contribution in [-0.4, -0.2) is 53.1 Å². The molecule has 0 unspecified atom stereocenters. The lowest BCUT2D eigenvalue weighted by atomic mass is 9.94. The highest BCUT2D eigenvalue weighted by Gasteiger charge is 2.24. The minimum Gasteiger partial charge on any atom is -0.363 e. The van der Waals surface area contributed by atoms with Gasteiger partial charge in [-0.05, 0) is 88.5 Å². The van der Waals surface area contributed by atoms with Gasteiger partial charge in [0, 0.05) is 18.2 Å². The largest absolute Gasteiger partial charge is 0.363 e. The summed E-state index contributed by atoms with van der Waals surface area (Å²) in [6.45, 7) is 6.58. The predicted octanol–water partition coefficient (Wildman–Crippen LogP) is 4.11. The molecule has 3 rings (SSSR count). The van der Waals surface area contributed by atoms with Crippen molar-refractivity contribution in [2.24, 2.45) is 0 Å². The summed E-state index contributed by atoms with van der Waals surface area (Å²) < 4.78 is 0. The third-order valence-corrected chi connectivity index (χ3v) is 6.68. The Morgan fingerprint density at radius 1 is 1.20 bits per heavy atom. The van der Waals surface area contributed by atoms with E-state index in [0.717, 1.165) is 59.5 Å². The SMILES string of the molecule is Cc1ccc2cc(CN(C(=S)NCCCN(C)C)C3CCCCC3)c(=O)[nH]c2c1C. The number of thiocarbonyl (C=S) groups is 1. The lowest BCUT2D eigenvalue weighted by molar-refractivity contribution is 0.234. The van der Waals surface area contributed by atoms with Crippen LogP contribution in [0.4, 0.5) is 0 Å². The molecule has 1 aliphatic carbocycles. The average molecular weight is 429 g/mol. The van der Waals surface area contributed by atoms with Crippen molar-refractivity contribution >= 4 is 28.2 Å². The van der Waals surface area contributed by atoms with Crippen molar-refractivity contribution in [2.75, 3.05) is 27.2 Å². The molecule has 1 aromatic heterocycles. The first kappa shape index (κ1) is 22.8. The summed E-state index contributed by atoms with van der Waals surface area (Å²) in [5.74, 6) is 0. The molecule has 0 amide bonds. The Morgan fingerprint density at radius 3 is 2.63 bits per heavy atom. The number of H-pyrrole nitrogens is 1. The molecule has 0 saturated heterocycles. The van der Waals surface area contributed by atoms with Crippen LogP contribution in [0.2, 0.25) is 0 Å². The highest BCUT2D eigenvalue weighted by atomic mass is 32.1. The zero-order valence-electron chi connectivity index (χ0n) is 18.9. The molecule has 30 heavy (non-hydrogen) atoms. The maximum absolute atomic E-state index is 12.9. The summed E-state index contributed by atoms with van der Waals surface area (Å²) in [7, 11) is 4.17. The Labute approximate surface area is 185 Å². The lowest BCUT2D eigenvalue weighted by Crippen LogP contribution is -2.47. The first-order valence-electron chi connectivity index (χ1n) is 11.2. The second-order valence-electron chi connectivity index (χ2n) is 8.90. The quantitative estimate of drug-likeness (QED) is 0.514. The summed E-state index contributed by atoms with van der Waals surface area (Å²) in [5.41, 5.74) is 4.05. The fourth-order valence-corrected chi connectivity index (χ4v) is 4.64. The normalized spacial score (nSPS) is 15.0. The Balaban J connectivity index is 1.81. The van der Waals surface area contributed by atoms with Crippen molar-refractivity contribution in [1.29, 1.82) is 0 Å². The van der Waals surface area contributed by atoms with Gasteiger partial charge in [0.25, 0.3) is 5.56 Å². The Morgan fingerprint density at radius 2 is 1.93 bits per heavy atom. The van der Waals surface area contributed by atoms with Crippen LogP contribution in [0.5, 0.6) is 0 Å². The number of aromatic amines is 1. The monoisotopic (exact) mass is 428 g/mol. The lowest BCUT2D eigenvalue weighted by Gasteiger charge is -2.36. The van der Waals surface area contributed by atoms with Gasteiger partial charge in [-0.3, -0.25) is 4.79 Å². The van der Waals surface area contributed by atoms with Gasteiger partial charge in [0.05, 0.1) is 12.1 Å². The molecule has 0 atom stereocenters. The summed E-state index contributed by atoms with van der Waals surface area (Å²) in [5, 5.41) is 5.31. The molecule has 1 aliphatic rings. The Kier molecular flexibility index (Phi) is 7.89. The highest BCUT2D eigenvalue weighted by Crippen LogP contribution is 2.25. The number of pyridine rings is 1. The maximum Gasteiger partial charge on any atom is 0.253 e. The fraction of sp³-hybridized carbons (Fsp3) is 0.583. The van der Waals surface area contributed by atoms with Gasteiger partial charge in [0.1, 0.15) is 0 Å². The number of nitrogens with zero attached hydrogens (tertiary/aromatic N) is 2. The van der Waals surface area contributed by atoms with Gasteiger partial charge in [-0.2, -0.15) is 0 Å². The Bertz CT molecular complexity index is 931. The van der Waals surface area contributed by atoms with E-state index in [-0.39, 0.29) is 5.56 Å². The van der Waals surface area contributed by atoms with Gasteiger partial charge >= 0.3 is 0 Å². The zero-order valence-corrected chi connectivity index (χ0v) is 19.7. The third kappa shape index (κ3) is 5.61. The van der Waals surface area contributed by atoms with E-state index in [2.05, 4.69) is 60.2 Å². The summed E-state index contributed by atoms with van der Waals surface area (Å²) in [6, 6.07) is 6.67. The first-order valence-corrected chi connectivity index (χ1v) is 11.6. The van der Waals surface area contributed by atoms with Gasteiger partial charge in [0.2, 0.25) is 0 Å². The van der Waals surface area contributed by atoms with E-state index in [0.29, 0.717) is 12.6 Å². The van der Waals surface area contributed by atoms with Crippen molar-refractivity contribution in [3.63, 3.8) is 0 Å². The number of rotatable bonds is 7. The average Bonchev–Trinajstić information content (AvgIpc) is 2.73. The molecule has 0 bridgehead atoms. The van der Waals surface area contributed by atoms with Gasteiger partial charge in [-0.15, -0.1) is 0 Å². The van der Waals surface area contributed by atoms with Gasteiger partial charge < -0.3 is 20.1 Å². The van der Waals surface area contributed by atoms with Crippen molar-refractivity contribution in [2.45, 2.75) is 65.0 Å². The second kappa shape index (κ2) is 10.4. The molecular weight excluding hydrogens is 392 g/mol. The number of hydrogen-bond acceptors (Lipinski definition) is 3. The molecule has 2 N–H and O–H groups in total. The molecule has 1 aromatic carbocycles. The standard InChI is InChI=1S/C24H36N4OS/c1-17-11-12-19-15-20(23(29)26-22(19)18(17)2)16-28(21-9-6-5-7-10-21)24(30)25-13-8-14-27(3)4/h11-12,15,21H,5-10,13-14,16H2,1-4H3,(H,25,30)(H,26,29). The van der Waals surface area contributed by atoms with E-state index in [4.69, 9.17) is 12.2 Å². The van der Waals surface area contributed by atoms with Crippen LogP contribution in [0, 0.1) is 13.8 Å². The summed E-state index contributed by atoms with van der Waals surface area (Å²) in [6.07, 6.45) is 7.09. The number of hydrogen-bond donors (Lipinski definition) is 2. The van der Waals surface area contributed by atoms with Crippen LogP contribution in [-0.2, 0) is 6.54 Å². The number of aromatic nitrogens is 1. The number of fused-ring (bicyclic) bond motifs is 1. The smallest absolute Gasteiger partial charge is 0.253 e. The van der Waals surface area contributed by atoms with Crippen molar-refractivity contribution in [3.05, 3.63) is 45.2 Å². The second-order valence-corrected chi connectivity index (χ2v) is 9.29. The van der Waals surface area contributed by atoms with Crippen LogP contribution < -0.4 is 10.9 Å². The van der Waals surface area contributed by atoms with Gasteiger partial charge in [0.15, 0.2) is 5.11 Å². The molecule has 2 aromatic rings. The number of benzene rings is 1. The number of nitrogens with one attached hydrogen (secondary N) is 2. The molecule has 1 saturated carbocycles. The van der Waals surface area contributed by atoms with E-state index in [1.165, 1.54) is 24.8 Å². The topological polar surface area (TPSA) is 51.4 Å². The minimum absolute atomic E-state index is 0.00702. The van der Waals surface area contributed by atoms with Crippen molar-refractivity contribution in [3.8, 4) is 0 Å². The molecule has 164 valence electrons. The third-order valence-electron chi connectivity index (χ3n) is 6.30. The van der Waals surface area contributed by atoms with Crippen molar-refractivity contribution < 1.29 is 0 Å². The first-order chi connectivity index (χ1) is 14.4. The summed E-state index contributed by atoms with van der Waals surface area (Å²) in [4.78, 5) is 20.5. The van der Waals surface area contributed by atoms with Gasteiger partial charge in [-0.1, -0.05) is 31.4 Å². The maximum atomic E-state index is 12.9. The molecule has 1 fully saturated rings. The molecule has 0 aliphatic heterocycles. The van der Waals surface area contributed by atoms with Crippen LogP contribution in [0.15, 0.2) is 23.0 Å². The van der Waals surface area contributed by atoms with Crippen LogP contribution >= 0.6 is 12.2 Å². The fourth-order valence-electron chi connectivity index (χ4n) is 4.32. The van der Waals surface area contributed by atoms with Gasteiger partial charge in [-0.25, -0.2) is 0 Å². The molecular formula is C24H36N4OS. The molecule has 5 nitrogen and oxygen atoms in total. The number of aryl methyl sites for hydroxylation is 2. The zero-order chi connectivity index (χ0) is 21.7. The molecule has 0 spiro atoms. The minimum atomic E-state index is -0.00702. The van der Waals surface area contributed by atoms with Crippen LogP contribution in [0.1, 0.15) is 55.2 Å². The predicted molar refractivity (Wildman–Crippen MR) is 130 cm³/mol. The van der Waals surface area contributed by atoms with E-state index in [1.54, 1.807) is 0 Å². The Hall–Kier alpha value is -1.92. The van der Waals surface area contributed by atoms with Crippen molar-refractivity contribution in [1.82, 2.24) is 20.1 Å². The van der Waals surface area contributed by atoms with E-state index in [9.17, 15) is 4.79 Å². The molecule has 1 heterocycles. The van der Waals surface area contributed by atoms with Crippen LogP contribution in [0.25, 0.3) is 10.9 Å². The molecule has 0 radical (unpaired) electrons.